The predicted molar refractivity (Wildman–Crippen MR) is 80.8 cm³/mol. The number of hydrogen-bond donors (Lipinski definition) is 2. The topological polar surface area (TPSA) is 88.2 Å². The molecule has 0 aliphatic heterocycles. The molecule has 1 heterocycles. The quantitative estimate of drug-likeness (QED) is 0.904. The standard InChI is InChI=1S/C13H12ClN3O3S/c1-9(18)16-11-2-4-12(5-3-11)21(19,20)17-13-8-10(14)6-7-15-13/h2-8H,1H3,(H,15,17)(H,16,18). The molecule has 0 saturated carbocycles. The van der Waals surface area contributed by atoms with Crippen molar-refractivity contribution in [2.75, 3.05) is 10.0 Å². The van der Waals surface area contributed by atoms with Crippen molar-refractivity contribution < 1.29 is 13.2 Å². The highest BCUT2D eigenvalue weighted by molar-refractivity contribution is 7.92. The molecule has 1 amide bonds. The van der Waals surface area contributed by atoms with Crippen molar-refractivity contribution in [2.45, 2.75) is 11.8 Å². The summed E-state index contributed by atoms with van der Waals surface area (Å²) < 4.78 is 26.7. The van der Waals surface area contributed by atoms with Crippen LogP contribution >= 0.6 is 11.6 Å². The third-order valence-corrected chi connectivity index (χ3v) is 4.05. The first-order valence-electron chi connectivity index (χ1n) is 5.89. The summed E-state index contributed by atoms with van der Waals surface area (Å²) in [7, 11) is -3.76. The molecule has 6 nitrogen and oxygen atoms in total. The molecule has 2 rings (SSSR count). The van der Waals surface area contributed by atoms with E-state index >= 15 is 0 Å². The van der Waals surface area contributed by atoms with Crippen LogP contribution in [0.4, 0.5) is 11.5 Å². The molecule has 0 aliphatic rings. The van der Waals surface area contributed by atoms with Crippen LogP contribution in [0.15, 0.2) is 47.5 Å². The second-order valence-electron chi connectivity index (χ2n) is 4.17. The zero-order valence-corrected chi connectivity index (χ0v) is 12.6. The van der Waals surface area contributed by atoms with Gasteiger partial charge in [-0.1, -0.05) is 11.6 Å². The number of carbonyl (C=O) groups is 1. The number of hydrogen-bond acceptors (Lipinski definition) is 4. The number of nitrogens with one attached hydrogen (secondary N) is 2. The molecule has 1 aromatic carbocycles. The lowest BCUT2D eigenvalue weighted by Crippen LogP contribution is -2.14. The van der Waals surface area contributed by atoms with E-state index in [-0.39, 0.29) is 16.6 Å². The van der Waals surface area contributed by atoms with Gasteiger partial charge in [-0.15, -0.1) is 0 Å². The first-order chi connectivity index (χ1) is 9.87. The second-order valence-corrected chi connectivity index (χ2v) is 6.29. The molecule has 0 atom stereocenters. The Morgan fingerprint density at radius 2 is 1.86 bits per heavy atom. The molecule has 0 spiro atoms. The molecule has 2 N–H and O–H groups in total. The smallest absolute Gasteiger partial charge is 0.263 e. The van der Waals surface area contributed by atoms with Gasteiger partial charge in [0.1, 0.15) is 5.82 Å². The summed E-state index contributed by atoms with van der Waals surface area (Å²) in [4.78, 5) is 14.8. The Hall–Kier alpha value is -2.12. The van der Waals surface area contributed by atoms with E-state index in [9.17, 15) is 13.2 Å². The lowest BCUT2D eigenvalue weighted by Gasteiger charge is -2.08. The maximum atomic E-state index is 12.2. The molecular formula is C13H12ClN3O3S. The monoisotopic (exact) mass is 325 g/mol. The summed E-state index contributed by atoms with van der Waals surface area (Å²) in [6.45, 7) is 1.37. The van der Waals surface area contributed by atoms with E-state index in [1.165, 1.54) is 43.5 Å². The minimum atomic E-state index is -3.76. The lowest BCUT2D eigenvalue weighted by molar-refractivity contribution is -0.114. The highest BCUT2D eigenvalue weighted by Crippen LogP contribution is 2.18. The summed E-state index contributed by atoms with van der Waals surface area (Å²) in [5.74, 6) is -0.0969. The zero-order chi connectivity index (χ0) is 15.5. The number of sulfonamides is 1. The van der Waals surface area contributed by atoms with Gasteiger partial charge in [0.25, 0.3) is 10.0 Å². The maximum Gasteiger partial charge on any atom is 0.263 e. The van der Waals surface area contributed by atoms with Gasteiger partial charge in [0.2, 0.25) is 5.91 Å². The van der Waals surface area contributed by atoms with E-state index in [0.29, 0.717) is 10.7 Å². The molecule has 0 aliphatic carbocycles. The number of aromatic nitrogens is 1. The van der Waals surface area contributed by atoms with E-state index in [1.807, 2.05) is 0 Å². The maximum absolute atomic E-state index is 12.2. The fourth-order valence-electron chi connectivity index (χ4n) is 1.58. The van der Waals surface area contributed by atoms with Crippen LogP contribution in [0.1, 0.15) is 6.92 Å². The first-order valence-corrected chi connectivity index (χ1v) is 7.75. The number of rotatable bonds is 4. The number of halogens is 1. The van der Waals surface area contributed by atoms with Gasteiger partial charge < -0.3 is 5.32 Å². The summed E-state index contributed by atoms with van der Waals surface area (Å²) in [6.07, 6.45) is 1.40. The lowest BCUT2D eigenvalue weighted by atomic mass is 10.3. The van der Waals surface area contributed by atoms with Crippen molar-refractivity contribution in [3.05, 3.63) is 47.6 Å². The van der Waals surface area contributed by atoms with Crippen molar-refractivity contribution in [3.8, 4) is 0 Å². The van der Waals surface area contributed by atoms with Gasteiger partial charge in [0, 0.05) is 29.9 Å². The molecule has 2 aromatic rings. The highest BCUT2D eigenvalue weighted by atomic mass is 35.5. The Morgan fingerprint density at radius 3 is 2.43 bits per heavy atom. The van der Waals surface area contributed by atoms with Crippen molar-refractivity contribution in [1.29, 1.82) is 0 Å². The largest absolute Gasteiger partial charge is 0.326 e. The number of nitrogens with zero attached hydrogens (tertiary/aromatic N) is 1. The Morgan fingerprint density at radius 1 is 1.19 bits per heavy atom. The fraction of sp³-hybridized carbons (Fsp3) is 0.0769. The van der Waals surface area contributed by atoms with Crippen LogP contribution in [0.5, 0.6) is 0 Å². The van der Waals surface area contributed by atoms with Crippen LogP contribution in [0.2, 0.25) is 5.02 Å². The normalized spacial score (nSPS) is 11.0. The number of amides is 1. The average molecular weight is 326 g/mol. The second kappa shape index (κ2) is 6.11. The van der Waals surface area contributed by atoms with Crippen LogP contribution in [0.3, 0.4) is 0 Å². The molecule has 0 fully saturated rings. The van der Waals surface area contributed by atoms with Crippen molar-refractivity contribution in [2.24, 2.45) is 0 Å². The van der Waals surface area contributed by atoms with E-state index in [1.54, 1.807) is 6.07 Å². The van der Waals surface area contributed by atoms with Crippen LogP contribution in [0.25, 0.3) is 0 Å². The Kier molecular flexibility index (Phi) is 4.44. The van der Waals surface area contributed by atoms with Gasteiger partial charge in [0.15, 0.2) is 0 Å². The minimum absolute atomic E-state index is 0.0541. The molecular weight excluding hydrogens is 314 g/mol. The summed E-state index contributed by atoms with van der Waals surface area (Å²) in [6, 6.07) is 8.73. The van der Waals surface area contributed by atoms with Gasteiger partial charge >= 0.3 is 0 Å². The number of benzene rings is 1. The molecule has 0 radical (unpaired) electrons. The number of pyridine rings is 1. The molecule has 110 valence electrons. The number of carbonyl (C=O) groups excluding carboxylic acids is 1. The third kappa shape index (κ3) is 4.17. The van der Waals surface area contributed by atoms with Crippen LogP contribution < -0.4 is 10.0 Å². The SMILES string of the molecule is CC(=O)Nc1ccc(S(=O)(=O)Nc2cc(Cl)ccn2)cc1. The summed E-state index contributed by atoms with van der Waals surface area (Å²) in [5, 5.41) is 2.94. The average Bonchev–Trinajstić information content (AvgIpc) is 2.38. The predicted octanol–water partition coefficient (Wildman–Crippen LogP) is 2.49. The Labute approximate surface area is 127 Å². The van der Waals surface area contributed by atoms with Crippen LogP contribution in [-0.4, -0.2) is 19.3 Å². The molecule has 1 aromatic heterocycles. The molecule has 0 unspecified atom stereocenters. The molecule has 0 bridgehead atoms. The van der Waals surface area contributed by atoms with Gasteiger partial charge in [0.05, 0.1) is 4.90 Å². The zero-order valence-electron chi connectivity index (χ0n) is 11.0. The van der Waals surface area contributed by atoms with E-state index in [2.05, 4.69) is 15.0 Å². The van der Waals surface area contributed by atoms with Gasteiger partial charge in [-0.2, -0.15) is 0 Å². The van der Waals surface area contributed by atoms with Gasteiger partial charge in [-0.3, -0.25) is 9.52 Å². The van der Waals surface area contributed by atoms with Crippen molar-refractivity contribution >= 4 is 39.0 Å². The summed E-state index contributed by atoms with van der Waals surface area (Å²) >= 11 is 5.77. The Bertz CT molecular complexity index is 760. The Balaban J connectivity index is 2.21. The van der Waals surface area contributed by atoms with E-state index < -0.39 is 10.0 Å². The van der Waals surface area contributed by atoms with Gasteiger partial charge in [-0.05, 0) is 30.3 Å². The summed E-state index contributed by atoms with van der Waals surface area (Å²) in [5.41, 5.74) is 0.516. The van der Waals surface area contributed by atoms with Gasteiger partial charge in [-0.25, -0.2) is 13.4 Å². The van der Waals surface area contributed by atoms with Crippen molar-refractivity contribution in [1.82, 2.24) is 4.98 Å². The third-order valence-electron chi connectivity index (χ3n) is 2.45. The van der Waals surface area contributed by atoms with Crippen molar-refractivity contribution in [3.63, 3.8) is 0 Å². The molecule has 21 heavy (non-hydrogen) atoms. The fourth-order valence-corrected chi connectivity index (χ4v) is 2.74. The minimum Gasteiger partial charge on any atom is -0.326 e. The van der Waals surface area contributed by atoms with Crippen LogP contribution in [-0.2, 0) is 14.8 Å². The van der Waals surface area contributed by atoms with E-state index in [0.717, 1.165) is 0 Å². The molecule has 8 heteroatoms. The van der Waals surface area contributed by atoms with Crippen LogP contribution in [0, 0.1) is 0 Å². The molecule has 0 saturated heterocycles. The van der Waals surface area contributed by atoms with E-state index in [4.69, 9.17) is 11.6 Å². The first kappa shape index (κ1) is 15.3. The number of anilines is 2. The highest BCUT2D eigenvalue weighted by Gasteiger charge is 2.14.